The molecule has 0 saturated carbocycles. The second-order valence-electron chi connectivity index (χ2n) is 4.25. The Morgan fingerprint density at radius 1 is 1.28 bits per heavy atom. The van der Waals surface area contributed by atoms with Crippen molar-refractivity contribution in [1.82, 2.24) is 9.78 Å². The van der Waals surface area contributed by atoms with E-state index in [1.165, 1.54) is 0 Å². The van der Waals surface area contributed by atoms with Gasteiger partial charge in [-0.3, -0.25) is 4.68 Å². The van der Waals surface area contributed by atoms with Crippen LogP contribution < -0.4 is 5.32 Å². The molecule has 0 bridgehead atoms. The summed E-state index contributed by atoms with van der Waals surface area (Å²) in [6.07, 6.45) is 0. The van der Waals surface area contributed by atoms with E-state index in [0.29, 0.717) is 16.6 Å². The minimum Gasteiger partial charge on any atom is -0.378 e. The van der Waals surface area contributed by atoms with Crippen molar-refractivity contribution in [2.24, 2.45) is 7.05 Å². The molecule has 0 radical (unpaired) electrons. The summed E-state index contributed by atoms with van der Waals surface area (Å²) in [6, 6.07) is 5.82. The Morgan fingerprint density at radius 3 is 2.56 bits per heavy atom. The molecule has 1 aromatic heterocycles. The number of hydrogen-bond acceptors (Lipinski definition) is 2. The van der Waals surface area contributed by atoms with Crippen molar-refractivity contribution in [3.63, 3.8) is 0 Å². The summed E-state index contributed by atoms with van der Waals surface area (Å²) < 4.78 is 1.79. The van der Waals surface area contributed by atoms with Gasteiger partial charge in [0.2, 0.25) is 0 Å². The molecule has 18 heavy (non-hydrogen) atoms. The molecule has 1 N–H and O–H groups in total. The lowest BCUT2D eigenvalue weighted by Crippen LogP contribution is -2.07. The van der Waals surface area contributed by atoms with Crippen LogP contribution in [0.5, 0.6) is 0 Å². The minimum absolute atomic E-state index is 0.598. The number of aryl methyl sites for hydroxylation is 3. The van der Waals surface area contributed by atoms with Gasteiger partial charge in [0, 0.05) is 7.05 Å². The molecule has 0 fully saturated rings. The summed E-state index contributed by atoms with van der Waals surface area (Å²) in [5.41, 5.74) is 3.84. The molecular formula is C13H15Cl2N3. The minimum atomic E-state index is 0.598. The Hall–Kier alpha value is -1.19. The molecule has 0 amide bonds. The zero-order valence-electron chi connectivity index (χ0n) is 10.6. The van der Waals surface area contributed by atoms with Crippen LogP contribution in [0.1, 0.15) is 17.0 Å². The zero-order chi connectivity index (χ0) is 13.3. The fourth-order valence-corrected chi connectivity index (χ4v) is 2.42. The van der Waals surface area contributed by atoms with Gasteiger partial charge in [0.05, 0.1) is 33.7 Å². The molecule has 5 heteroatoms. The number of anilines is 1. The Bertz CT molecular complexity index is 556. The van der Waals surface area contributed by atoms with E-state index in [0.717, 1.165) is 22.6 Å². The Kier molecular flexibility index (Phi) is 3.83. The summed E-state index contributed by atoms with van der Waals surface area (Å²) in [5, 5.41) is 9.01. The number of aromatic nitrogens is 2. The zero-order valence-corrected chi connectivity index (χ0v) is 12.1. The van der Waals surface area contributed by atoms with Crippen molar-refractivity contribution in [2.45, 2.75) is 20.4 Å². The van der Waals surface area contributed by atoms with Crippen molar-refractivity contribution in [2.75, 3.05) is 5.32 Å². The predicted octanol–water partition coefficient (Wildman–Crippen LogP) is 3.96. The maximum absolute atomic E-state index is 6.20. The Labute approximate surface area is 117 Å². The van der Waals surface area contributed by atoms with Gasteiger partial charge in [-0.2, -0.15) is 5.10 Å². The standard InChI is InChI=1S/C13H15Cl2N3/c1-8-5-4-6-10(14)13(8)16-7-11-12(15)9(2)17-18(11)3/h4-6,16H,7H2,1-3H3. The van der Waals surface area contributed by atoms with Crippen molar-refractivity contribution < 1.29 is 0 Å². The summed E-state index contributed by atoms with van der Waals surface area (Å²) in [6.45, 7) is 4.51. The summed E-state index contributed by atoms with van der Waals surface area (Å²) in [5.74, 6) is 0. The molecule has 3 nitrogen and oxygen atoms in total. The largest absolute Gasteiger partial charge is 0.378 e. The van der Waals surface area contributed by atoms with Crippen LogP contribution >= 0.6 is 23.2 Å². The lowest BCUT2D eigenvalue weighted by Gasteiger charge is -2.11. The van der Waals surface area contributed by atoms with Gasteiger partial charge in [0.25, 0.3) is 0 Å². The van der Waals surface area contributed by atoms with E-state index in [1.807, 2.05) is 39.1 Å². The molecule has 96 valence electrons. The highest BCUT2D eigenvalue weighted by Crippen LogP contribution is 2.27. The van der Waals surface area contributed by atoms with Crippen LogP contribution in [-0.2, 0) is 13.6 Å². The number of halogens is 2. The maximum atomic E-state index is 6.20. The van der Waals surface area contributed by atoms with Gasteiger partial charge >= 0.3 is 0 Å². The van der Waals surface area contributed by atoms with Crippen LogP contribution in [0.3, 0.4) is 0 Å². The van der Waals surface area contributed by atoms with Crippen LogP contribution in [0.4, 0.5) is 5.69 Å². The SMILES string of the molecule is Cc1cccc(Cl)c1NCc1c(Cl)c(C)nn1C. The van der Waals surface area contributed by atoms with Crippen LogP contribution in [0.2, 0.25) is 10.0 Å². The third-order valence-electron chi connectivity index (χ3n) is 2.92. The molecule has 0 aliphatic rings. The second kappa shape index (κ2) is 5.21. The van der Waals surface area contributed by atoms with Gasteiger partial charge in [0.1, 0.15) is 0 Å². The fraction of sp³-hybridized carbons (Fsp3) is 0.308. The first-order chi connectivity index (χ1) is 8.50. The van der Waals surface area contributed by atoms with Gasteiger partial charge in [-0.05, 0) is 25.5 Å². The molecule has 0 aliphatic heterocycles. The normalized spacial score (nSPS) is 10.7. The maximum Gasteiger partial charge on any atom is 0.0865 e. The number of rotatable bonds is 3. The molecule has 2 rings (SSSR count). The Balaban J connectivity index is 2.22. The van der Waals surface area contributed by atoms with E-state index in [9.17, 15) is 0 Å². The van der Waals surface area contributed by atoms with Crippen LogP contribution in [-0.4, -0.2) is 9.78 Å². The first kappa shape index (κ1) is 13.2. The van der Waals surface area contributed by atoms with E-state index >= 15 is 0 Å². The van der Waals surface area contributed by atoms with Crippen molar-refractivity contribution in [1.29, 1.82) is 0 Å². The first-order valence-electron chi connectivity index (χ1n) is 5.67. The third-order valence-corrected chi connectivity index (χ3v) is 3.72. The predicted molar refractivity (Wildman–Crippen MR) is 76.5 cm³/mol. The van der Waals surface area contributed by atoms with Gasteiger partial charge in [-0.1, -0.05) is 35.3 Å². The molecule has 1 aromatic carbocycles. The molecule has 0 aliphatic carbocycles. The van der Waals surface area contributed by atoms with E-state index in [4.69, 9.17) is 23.2 Å². The van der Waals surface area contributed by atoms with E-state index in [-0.39, 0.29) is 0 Å². The molecule has 0 spiro atoms. The number of nitrogens with zero attached hydrogens (tertiary/aromatic N) is 2. The van der Waals surface area contributed by atoms with Gasteiger partial charge < -0.3 is 5.32 Å². The lowest BCUT2D eigenvalue weighted by molar-refractivity contribution is 0.713. The Morgan fingerprint density at radius 2 is 2.00 bits per heavy atom. The molecule has 0 saturated heterocycles. The van der Waals surface area contributed by atoms with Gasteiger partial charge in [0.15, 0.2) is 0 Å². The summed E-state index contributed by atoms with van der Waals surface area (Å²) >= 11 is 12.4. The van der Waals surface area contributed by atoms with E-state index < -0.39 is 0 Å². The summed E-state index contributed by atoms with van der Waals surface area (Å²) in [7, 11) is 1.88. The lowest BCUT2D eigenvalue weighted by atomic mass is 10.2. The summed E-state index contributed by atoms with van der Waals surface area (Å²) in [4.78, 5) is 0. The molecule has 1 heterocycles. The van der Waals surface area contributed by atoms with Crippen LogP contribution in [0.15, 0.2) is 18.2 Å². The van der Waals surface area contributed by atoms with Gasteiger partial charge in [-0.15, -0.1) is 0 Å². The van der Waals surface area contributed by atoms with Crippen LogP contribution in [0.25, 0.3) is 0 Å². The molecule has 2 aromatic rings. The van der Waals surface area contributed by atoms with Gasteiger partial charge in [-0.25, -0.2) is 0 Å². The molecule has 0 atom stereocenters. The van der Waals surface area contributed by atoms with Crippen LogP contribution in [0, 0.1) is 13.8 Å². The van der Waals surface area contributed by atoms with Crippen molar-refractivity contribution >= 4 is 28.9 Å². The topological polar surface area (TPSA) is 29.9 Å². The number of nitrogens with one attached hydrogen (secondary N) is 1. The number of para-hydroxylation sites is 1. The fourth-order valence-electron chi connectivity index (χ4n) is 1.90. The number of benzene rings is 1. The smallest absolute Gasteiger partial charge is 0.0865 e. The number of hydrogen-bond donors (Lipinski definition) is 1. The highest BCUT2D eigenvalue weighted by molar-refractivity contribution is 6.33. The average molecular weight is 284 g/mol. The average Bonchev–Trinajstić information content (AvgIpc) is 2.54. The highest BCUT2D eigenvalue weighted by atomic mass is 35.5. The molecule has 0 unspecified atom stereocenters. The monoisotopic (exact) mass is 283 g/mol. The quantitative estimate of drug-likeness (QED) is 0.924. The van der Waals surface area contributed by atoms with E-state index in [2.05, 4.69) is 10.4 Å². The second-order valence-corrected chi connectivity index (χ2v) is 5.04. The first-order valence-corrected chi connectivity index (χ1v) is 6.43. The van der Waals surface area contributed by atoms with Crippen molar-refractivity contribution in [3.05, 3.63) is 45.2 Å². The van der Waals surface area contributed by atoms with Crippen molar-refractivity contribution in [3.8, 4) is 0 Å². The third kappa shape index (κ3) is 2.47. The molecular weight excluding hydrogens is 269 g/mol. The van der Waals surface area contributed by atoms with E-state index in [1.54, 1.807) is 4.68 Å². The highest BCUT2D eigenvalue weighted by Gasteiger charge is 2.11.